The lowest BCUT2D eigenvalue weighted by atomic mass is 10.4. The van der Waals surface area contributed by atoms with Gasteiger partial charge in [-0.05, 0) is 18.6 Å². The molecule has 1 fully saturated rings. The van der Waals surface area contributed by atoms with Gasteiger partial charge in [-0.1, -0.05) is 6.07 Å². The van der Waals surface area contributed by atoms with Gasteiger partial charge >= 0.3 is 0 Å². The van der Waals surface area contributed by atoms with E-state index in [1.807, 2.05) is 42.6 Å². The average Bonchev–Trinajstić information content (AvgIpc) is 3.17. The molecule has 2 atom stereocenters. The van der Waals surface area contributed by atoms with Gasteiger partial charge in [0.2, 0.25) is 0 Å². The number of aliphatic hydroxyl groups is 1. The molecule has 2 aromatic rings. The van der Waals surface area contributed by atoms with Crippen molar-refractivity contribution in [2.45, 2.75) is 12.5 Å². The van der Waals surface area contributed by atoms with Gasteiger partial charge < -0.3 is 19.4 Å². The molecule has 1 aliphatic heterocycles. The summed E-state index contributed by atoms with van der Waals surface area (Å²) in [5.74, 6) is 1.71. The second-order valence-corrected chi connectivity index (χ2v) is 9.72. The summed E-state index contributed by atoms with van der Waals surface area (Å²) < 4.78 is 17.9. The van der Waals surface area contributed by atoms with Gasteiger partial charge in [0.1, 0.15) is 22.7 Å². The first kappa shape index (κ1) is 20.2. The first-order valence-corrected chi connectivity index (χ1v) is 11.6. The van der Waals surface area contributed by atoms with Gasteiger partial charge in [-0.2, -0.15) is 0 Å². The van der Waals surface area contributed by atoms with Crippen molar-refractivity contribution in [2.75, 3.05) is 56.3 Å². The third kappa shape index (κ3) is 5.49. The number of hydrogen-bond donors (Lipinski definition) is 2. The molecule has 1 aliphatic rings. The van der Waals surface area contributed by atoms with E-state index in [1.54, 1.807) is 6.20 Å². The summed E-state index contributed by atoms with van der Waals surface area (Å²) in [6, 6.07) is 5.83. The zero-order valence-electron chi connectivity index (χ0n) is 15.6. The van der Waals surface area contributed by atoms with Crippen molar-refractivity contribution in [3.8, 4) is 0 Å². The monoisotopic (exact) mass is 411 g/mol. The molecule has 1 saturated heterocycles. The number of pyridine rings is 1. The lowest BCUT2D eigenvalue weighted by molar-refractivity contribution is 0.189. The van der Waals surface area contributed by atoms with E-state index in [-0.39, 0.29) is 6.16 Å². The van der Waals surface area contributed by atoms with E-state index in [0.29, 0.717) is 18.2 Å². The van der Waals surface area contributed by atoms with E-state index in [4.69, 9.17) is 4.52 Å². The number of aromatic nitrogens is 2. The summed E-state index contributed by atoms with van der Waals surface area (Å²) in [6.07, 6.45) is 1.76. The number of rotatable bonds is 8. The number of nitrogens with zero attached hydrogens (tertiary/aromatic N) is 4. The maximum atomic E-state index is 12.5. The quantitative estimate of drug-likeness (QED) is 0.640. The van der Waals surface area contributed by atoms with E-state index in [9.17, 15) is 9.67 Å². The van der Waals surface area contributed by atoms with Crippen LogP contribution in [-0.2, 0) is 9.09 Å². The van der Waals surface area contributed by atoms with Gasteiger partial charge in [0.25, 0.3) is 7.52 Å². The molecule has 0 bridgehead atoms. The maximum absolute atomic E-state index is 12.5. The van der Waals surface area contributed by atoms with Crippen LogP contribution in [0.4, 0.5) is 11.6 Å². The molecule has 0 amide bonds. The summed E-state index contributed by atoms with van der Waals surface area (Å²) in [5, 5.41) is 15.8. The van der Waals surface area contributed by atoms with Crippen LogP contribution in [0.2, 0.25) is 0 Å². The summed E-state index contributed by atoms with van der Waals surface area (Å²) >= 11 is 1.37. The standard InChI is InChI=1S/C17H26N5O3PS/c1-21(15-6-3-4-7-18-15)9-10-22(2)16-13-27-17(20-16)14(23)12-26(24)19-8-5-11-25-26/h3-4,6-7,13-14,23H,5,8-12H2,1-2H3,(H,19,24). The highest BCUT2D eigenvalue weighted by atomic mass is 32.1. The predicted octanol–water partition coefficient (Wildman–Crippen LogP) is 2.35. The molecular formula is C17H26N5O3PS. The van der Waals surface area contributed by atoms with E-state index in [1.165, 1.54) is 11.3 Å². The Hall–Kier alpha value is -1.51. The molecule has 2 aromatic heterocycles. The van der Waals surface area contributed by atoms with E-state index >= 15 is 0 Å². The Morgan fingerprint density at radius 3 is 2.78 bits per heavy atom. The van der Waals surface area contributed by atoms with Crippen molar-refractivity contribution in [2.24, 2.45) is 0 Å². The molecule has 3 heterocycles. The lowest BCUT2D eigenvalue weighted by Gasteiger charge is -2.25. The number of anilines is 2. The summed E-state index contributed by atoms with van der Waals surface area (Å²) in [7, 11) is 0.995. The molecule has 0 aromatic carbocycles. The Bertz CT molecular complexity index is 765. The highest BCUT2D eigenvalue weighted by molar-refractivity contribution is 7.57. The minimum Gasteiger partial charge on any atom is -0.385 e. The fraction of sp³-hybridized carbons (Fsp3) is 0.529. The van der Waals surface area contributed by atoms with Crippen molar-refractivity contribution < 1.29 is 14.2 Å². The molecule has 8 nitrogen and oxygen atoms in total. The second kappa shape index (κ2) is 9.12. The zero-order valence-corrected chi connectivity index (χ0v) is 17.3. The summed E-state index contributed by atoms with van der Waals surface area (Å²) in [5.41, 5.74) is 0. The highest BCUT2D eigenvalue weighted by Gasteiger charge is 2.31. The van der Waals surface area contributed by atoms with Crippen LogP contribution in [0.25, 0.3) is 0 Å². The van der Waals surface area contributed by atoms with E-state index in [0.717, 1.165) is 31.1 Å². The third-order valence-corrected chi connectivity index (χ3v) is 7.45. The van der Waals surface area contributed by atoms with Gasteiger partial charge in [0.15, 0.2) is 0 Å². The minimum atomic E-state index is -2.97. The van der Waals surface area contributed by atoms with Crippen LogP contribution >= 0.6 is 18.9 Å². The first-order chi connectivity index (χ1) is 13.0. The maximum Gasteiger partial charge on any atom is 0.272 e. The Labute approximate surface area is 163 Å². The van der Waals surface area contributed by atoms with Crippen LogP contribution in [0.1, 0.15) is 17.5 Å². The highest BCUT2D eigenvalue weighted by Crippen LogP contribution is 2.47. The molecule has 2 N–H and O–H groups in total. The smallest absolute Gasteiger partial charge is 0.272 e. The van der Waals surface area contributed by atoms with Gasteiger partial charge in [-0.15, -0.1) is 11.3 Å². The first-order valence-electron chi connectivity index (χ1n) is 8.92. The van der Waals surface area contributed by atoms with Gasteiger partial charge in [0, 0.05) is 45.3 Å². The topological polar surface area (TPSA) is 90.8 Å². The van der Waals surface area contributed by atoms with Crippen molar-refractivity contribution in [1.29, 1.82) is 0 Å². The fourth-order valence-corrected chi connectivity index (χ4v) is 5.56. The van der Waals surface area contributed by atoms with Crippen molar-refractivity contribution >= 4 is 30.5 Å². The Kier molecular flexibility index (Phi) is 6.83. The second-order valence-electron chi connectivity index (χ2n) is 6.54. The number of hydrogen-bond acceptors (Lipinski definition) is 8. The molecule has 0 spiro atoms. The number of thiazole rings is 1. The number of aliphatic hydroxyl groups excluding tert-OH is 1. The summed E-state index contributed by atoms with van der Waals surface area (Å²) in [4.78, 5) is 13.0. The largest absolute Gasteiger partial charge is 0.385 e. The lowest BCUT2D eigenvalue weighted by Crippen LogP contribution is -2.31. The Morgan fingerprint density at radius 1 is 1.33 bits per heavy atom. The minimum absolute atomic E-state index is 0.0477. The van der Waals surface area contributed by atoms with Crippen molar-refractivity contribution in [1.82, 2.24) is 15.1 Å². The van der Waals surface area contributed by atoms with Gasteiger partial charge in [-0.3, -0.25) is 4.57 Å². The molecule has 0 radical (unpaired) electrons. The van der Waals surface area contributed by atoms with Crippen molar-refractivity contribution in [3.05, 3.63) is 34.8 Å². The van der Waals surface area contributed by atoms with Crippen LogP contribution in [0.15, 0.2) is 29.8 Å². The number of likely N-dealkylation sites (N-methyl/N-ethyl adjacent to an activating group) is 2. The number of nitrogens with one attached hydrogen (secondary N) is 1. The normalized spacial score (nSPS) is 21.0. The molecule has 27 heavy (non-hydrogen) atoms. The summed E-state index contributed by atoms with van der Waals surface area (Å²) in [6.45, 7) is 2.66. The van der Waals surface area contributed by atoms with Gasteiger partial charge in [0.05, 0.1) is 12.8 Å². The third-order valence-electron chi connectivity index (χ3n) is 4.38. The molecular weight excluding hydrogens is 385 g/mol. The molecule has 0 saturated carbocycles. The van der Waals surface area contributed by atoms with Crippen LogP contribution < -0.4 is 14.9 Å². The zero-order chi connectivity index (χ0) is 19.3. The van der Waals surface area contributed by atoms with E-state index in [2.05, 4.69) is 20.0 Å². The average molecular weight is 411 g/mol. The molecule has 10 heteroatoms. The van der Waals surface area contributed by atoms with Gasteiger partial charge in [-0.25, -0.2) is 15.1 Å². The predicted molar refractivity (Wildman–Crippen MR) is 109 cm³/mol. The molecule has 0 aliphatic carbocycles. The van der Waals surface area contributed by atoms with Crippen LogP contribution in [0, 0.1) is 0 Å². The fourth-order valence-electron chi connectivity index (χ4n) is 2.72. The molecule has 3 rings (SSSR count). The van der Waals surface area contributed by atoms with Crippen LogP contribution in [-0.4, -0.2) is 61.6 Å². The Morgan fingerprint density at radius 2 is 2.11 bits per heavy atom. The van der Waals surface area contributed by atoms with Crippen LogP contribution in [0.3, 0.4) is 0 Å². The Balaban J connectivity index is 1.54. The van der Waals surface area contributed by atoms with Crippen molar-refractivity contribution in [3.63, 3.8) is 0 Å². The van der Waals surface area contributed by atoms with Crippen LogP contribution in [0.5, 0.6) is 0 Å². The molecule has 148 valence electrons. The van der Waals surface area contributed by atoms with E-state index < -0.39 is 13.6 Å². The molecule has 2 unspecified atom stereocenters. The SMILES string of the molecule is CN(CCN(C)c1csc(C(O)CP2(=O)NCCCO2)n1)c1ccccn1.